The molecule has 0 heterocycles. The van der Waals surface area contributed by atoms with Gasteiger partial charge in [-0.2, -0.15) is 0 Å². The Labute approximate surface area is 101 Å². The molecule has 1 atom stereocenters. The van der Waals surface area contributed by atoms with E-state index in [-0.39, 0.29) is 0 Å². The highest BCUT2D eigenvalue weighted by atomic mass is 15.2. The number of nitrogens with zero attached hydrogens (tertiary/aromatic N) is 1. The van der Waals surface area contributed by atoms with Crippen LogP contribution in [0, 0.1) is 11.8 Å². The standard InChI is InChI=1S/C14H28N2/c1-3-8-15-12(2)9-16(10-13-4-5-13)11-14-6-7-14/h12-15H,3-11H2,1-2H3. The Morgan fingerprint density at radius 2 is 1.69 bits per heavy atom. The van der Waals surface area contributed by atoms with E-state index in [9.17, 15) is 0 Å². The molecule has 2 fully saturated rings. The predicted molar refractivity (Wildman–Crippen MR) is 69.6 cm³/mol. The van der Waals surface area contributed by atoms with E-state index in [1.165, 1.54) is 58.3 Å². The van der Waals surface area contributed by atoms with E-state index in [1.54, 1.807) is 0 Å². The van der Waals surface area contributed by atoms with Crippen LogP contribution in [0.2, 0.25) is 0 Å². The van der Waals surface area contributed by atoms with E-state index in [4.69, 9.17) is 0 Å². The maximum absolute atomic E-state index is 3.61. The lowest BCUT2D eigenvalue weighted by atomic mass is 10.2. The van der Waals surface area contributed by atoms with Crippen molar-refractivity contribution in [2.75, 3.05) is 26.2 Å². The molecule has 94 valence electrons. The summed E-state index contributed by atoms with van der Waals surface area (Å²) in [6.45, 7) is 9.74. The second-order valence-electron chi connectivity index (χ2n) is 5.96. The molecule has 0 spiro atoms. The van der Waals surface area contributed by atoms with Crippen LogP contribution in [0.25, 0.3) is 0 Å². The maximum atomic E-state index is 3.61. The molecule has 2 nitrogen and oxygen atoms in total. The van der Waals surface area contributed by atoms with Gasteiger partial charge in [-0.3, -0.25) is 0 Å². The molecule has 0 amide bonds. The quantitative estimate of drug-likeness (QED) is 0.647. The topological polar surface area (TPSA) is 15.3 Å². The van der Waals surface area contributed by atoms with Crippen LogP contribution in [0.15, 0.2) is 0 Å². The fourth-order valence-corrected chi connectivity index (χ4v) is 2.40. The number of rotatable bonds is 9. The average Bonchev–Trinajstić information content (AvgIpc) is 3.10. The molecule has 0 radical (unpaired) electrons. The number of hydrogen-bond donors (Lipinski definition) is 1. The van der Waals surface area contributed by atoms with Gasteiger partial charge in [-0.1, -0.05) is 6.92 Å². The summed E-state index contributed by atoms with van der Waals surface area (Å²) in [5.41, 5.74) is 0. The molecule has 0 aliphatic heterocycles. The first kappa shape index (κ1) is 12.4. The SMILES string of the molecule is CCCNC(C)CN(CC1CC1)CC1CC1. The second-order valence-corrected chi connectivity index (χ2v) is 5.96. The fraction of sp³-hybridized carbons (Fsp3) is 1.00. The van der Waals surface area contributed by atoms with E-state index < -0.39 is 0 Å². The van der Waals surface area contributed by atoms with Crippen molar-refractivity contribution in [3.8, 4) is 0 Å². The van der Waals surface area contributed by atoms with Crippen LogP contribution in [0.5, 0.6) is 0 Å². The summed E-state index contributed by atoms with van der Waals surface area (Å²) < 4.78 is 0. The van der Waals surface area contributed by atoms with Crippen molar-refractivity contribution in [1.82, 2.24) is 10.2 Å². The van der Waals surface area contributed by atoms with Gasteiger partial charge in [0.05, 0.1) is 0 Å². The summed E-state index contributed by atoms with van der Waals surface area (Å²) in [7, 11) is 0. The Morgan fingerprint density at radius 1 is 1.12 bits per heavy atom. The van der Waals surface area contributed by atoms with Gasteiger partial charge in [-0.05, 0) is 57.4 Å². The Hall–Kier alpha value is -0.0800. The minimum atomic E-state index is 0.664. The molecule has 1 N–H and O–H groups in total. The third-order valence-electron chi connectivity index (χ3n) is 3.70. The summed E-state index contributed by atoms with van der Waals surface area (Å²) >= 11 is 0. The van der Waals surface area contributed by atoms with Gasteiger partial charge >= 0.3 is 0 Å². The molecule has 0 bridgehead atoms. The largest absolute Gasteiger partial charge is 0.313 e. The maximum Gasteiger partial charge on any atom is 0.0166 e. The molecule has 2 saturated carbocycles. The highest BCUT2D eigenvalue weighted by molar-refractivity contribution is 4.83. The monoisotopic (exact) mass is 224 g/mol. The Kier molecular flexibility index (Phi) is 4.66. The lowest BCUT2D eigenvalue weighted by Gasteiger charge is -2.26. The van der Waals surface area contributed by atoms with Crippen LogP contribution in [0.1, 0.15) is 46.0 Å². The van der Waals surface area contributed by atoms with Gasteiger partial charge in [-0.25, -0.2) is 0 Å². The summed E-state index contributed by atoms with van der Waals surface area (Å²) in [6.07, 6.45) is 7.18. The first-order chi connectivity index (χ1) is 7.78. The van der Waals surface area contributed by atoms with Gasteiger partial charge in [-0.15, -0.1) is 0 Å². The highest BCUT2D eigenvalue weighted by Gasteiger charge is 2.29. The Balaban J connectivity index is 1.66. The average molecular weight is 224 g/mol. The summed E-state index contributed by atoms with van der Waals surface area (Å²) in [5, 5.41) is 3.61. The molecule has 0 aromatic heterocycles. The minimum Gasteiger partial charge on any atom is -0.313 e. The van der Waals surface area contributed by atoms with Crippen molar-refractivity contribution in [1.29, 1.82) is 0 Å². The Morgan fingerprint density at radius 3 is 2.12 bits per heavy atom. The predicted octanol–water partition coefficient (Wildman–Crippen LogP) is 2.50. The molecule has 2 heteroatoms. The van der Waals surface area contributed by atoms with Crippen LogP contribution < -0.4 is 5.32 Å². The lowest BCUT2D eigenvalue weighted by Crippen LogP contribution is -2.41. The van der Waals surface area contributed by atoms with Gasteiger partial charge < -0.3 is 10.2 Å². The smallest absolute Gasteiger partial charge is 0.0166 e. The molecular formula is C14H28N2. The number of hydrogen-bond acceptors (Lipinski definition) is 2. The fourth-order valence-electron chi connectivity index (χ4n) is 2.40. The molecule has 0 aromatic carbocycles. The van der Waals surface area contributed by atoms with Crippen LogP contribution in [0.4, 0.5) is 0 Å². The summed E-state index contributed by atoms with van der Waals surface area (Å²) in [5.74, 6) is 2.08. The van der Waals surface area contributed by atoms with E-state index in [0.29, 0.717) is 6.04 Å². The third-order valence-corrected chi connectivity index (χ3v) is 3.70. The molecule has 0 saturated heterocycles. The minimum absolute atomic E-state index is 0.664. The zero-order valence-corrected chi connectivity index (χ0v) is 11.0. The molecule has 2 rings (SSSR count). The van der Waals surface area contributed by atoms with E-state index >= 15 is 0 Å². The zero-order valence-electron chi connectivity index (χ0n) is 11.0. The van der Waals surface area contributed by atoms with Crippen molar-refractivity contribution < 1.29 is 0 Å². The highest BCUT2D eigenvalue weighted by Crippen LogP contribution is 2.33. The van der Waals surface area contributed by atoms with Crippen LogP contribution >= 0.6 is 0 Å². The first-order valence-electron chi connectivity index (χ1n) is 7.23. The molecule has 16 heavy (non-hydrogen) atoms. The van der Waals surface area contributed by atoms with Crippen molar-refractivity contribution in [3.63, 3.8) is 0 Å². The molecule has 2 aliphatic carbocycles. The van der Waals surface area contributed by atoms with Crippen molar-refractivity contribution in [2.24, 2.45) is 11.8 Å². The molecule has 2 aliphatic rings. The van der Waals surface area contributed by atoms with Gasteiger partial charge in [0.1, 0.15) is 0 Å². The molecule has 0 aromatic rings. The van der Waals surface area contributed by atoms with Crippen LogP contribution in [-0.4, -0.2) is 37.1 Å². The lowest BCUT2D eigenvalue weighted by molar-refractivity contribution is 0.229. The Bertz CT molecular complexity index is 183. The molecule has 1 unspecified atom stereocenters. The van der Waals surface area contributed by atoms with Crippen molar-refractivity contribution in [3.05, 3.63) is 0 Å². The van der Waals surface area contributed by atoms with E-state index in [1.807, 2.05) is 0 Å². The van der Waals surface area contributed by atoms with E-state index in [0.717, 1.165) is 11.8 Å². The molecular weight excluding hydrogens is 196 g/mol. The normalized spacial score (nSPS) is 22.7. The van der Waals surface area contributed by atoms with Crippen LogP contribution in [-0.2, 0) is 0 Å². The first-order valence-corrected chi connectivity index (χ1v) is 7.23. The van der Waals surface area contributed by atoms with Gasteiger partial charge in [0.25, 0.3) is 0 Å². The van der Waals surface area contributed by atoms with Crippen molar-refractivity contribution in [2.45, 2.75) is 52.0 Å². The number of nitrogens with one attached hydrogen (secondary N) is 1. The summed E-state index contributed by atoms with van der Waals surface area (Å²) in [4.78, 5) is 2.72. The zero-order chi connectivity index (χ0) is 11.4. The summed E-state index contributed by atoms with van der Waals surface area (Å²) in [6, 6.07) is 0.664. The second kappa shape index (κ2) is 6.02. The van der Waals surface area contributed by atoms with Crippen LogP contribution in [0.3, 0.4) is 0 Å². The van der Waals surface area contributed by atoms with Crippen molar-refractivity contribution >= 4 is 0 Å². The van der Waals surface area contributed by atoms with Gasteiger partial charge in [0, 0.05) is 25.7 Å². The van der Waals surface area contributed by atoms with Gasteiger partial charge in [0.15, 0.2) is 0 Å². The van der Waals surface area contributed by atoms with E-state index in [2.05, 4.69) is 24.1 Å². The van der Waals surface area contributed by atoms with Gasteiger partial charge in [0.2, 0.25) is 0 Å². The third kappa shape index (κ3) is 4.84.